The lowest BCUT2D eigenvalue weighted by atomic mass is 9.87. The van der Waals surface area contributed by atoms with Gasteiger partial charge in [-0.2, -0.15) is 5.26 Å². The summed E-state index contributed by atoms with van der Waals surface area (Å²) in [7, 11) is 0. The molecule has 0 saturated heterocycles. The van der Waals surface area contributed by atoms with Crippen molar-refractivity contribution in [1.29, 1.82) is 5.26 Å². The summed E-state index contributed by atoms with van der Waals surface area (Å²) in [5.74, 6) is -0.506. The number of nitrogens with zero attached hydrogens (tertiary/aromatic N) is 1. The Morgan fingerprint density at radius 2 is 2.04 bits per heavy atom. The molecule has 1 saturated carbocycles. The number of carbonyl (C=O) groups is 1. The van der Waals surface area contributed by atoms with Gasteiger partial charge in [-0.05, 0) is 67.2 Å². The van der Waals surface area contributed by atoms with Crippen LogP contribution >= 0.6 is 0 Å². The van der Waals surface area contributed by atoms with Crippen LogP contribution in [0.4, 0.5) is 0 Å². The highest BCUT2D eigenvalue weighted by atomic mass is 16.4. The molecule has 0 radical (unpaired) electrons. The molecule has 3 nitrogen and oxygen atoms in total. The molecule has 1 fully saturated rings. The van der Waals surface area contributed by atoms with Crippen LogP contribution in [-0.4, -0.2) is 11.1 Å². The molecule has 0 aromatic heterocycles. The first-order chi connectivity index (χ1) is 11.7. The number of carboxylic acids is 1. The number of carboxylic acid groups (broad SMARTS) is 1. The van der Waals surface area contributed by atoms with Crippen molar-refractivity contribution in [1.82, 2.24) is 0 Å². The second-order valence-corrected chi connectivity index (χ2v) is 6.80. The summed E-state index contributed by atoms with van der Waals surface area (Å²) in [4.78, 5) is 11.2. The largest absolute Gasteiger partial charge is 0.481 e. The Morgan fingerprint density at radius 3 is 2.75 bits per heavy atom. The molecule has 3 rings (SSSR count). The molecule has 1 N–H and O–H groups in total. The highest BCUT2D eigenvalue weighted by molar-refractivity contribution is 5.78. The van der Waals surface area contributed by atoms with Gasteiger partial charge in [-0.15, -0.1) is 0 Å². The monoisotopic (exact) mass is 321 g/mol. The summed E-state index contributed by atoms with van der Waals surface area (Å²) in [6.45, 7) is 0. The average molecular weight is 321 g/mol. The quantitative estimate of drug-likeness (QED) is 0.793. The van der Waals surface area contributed by atoms with Crippen molar-refractivity contribution < 1.29 is 9.90 Å². The fourth-order valence-corrected chi connectivity index (χ4v) is 3.86. The lowest BCUT2D eigenvalue weighted by Gasteiger charge is -2.17. The van der Waals surface area contributed by atoms with Crippen molar-refractivity contribution in [2.75, 3.05) is 0 Å². The van der Waals surface area contributed by atoms with E-state index in [0.29, 0.717) is 5.92 Å². The van der Waals surface area contributed by atoms with Crippen LogP contribution in [0.5, 0.6) is 0 Å². The lowest BCUT2D eigenvalue weighted by molar-refractivity contribution is -0.142. The maximum absolute atomic E-state index is 11.2. The maximum Gasteiger partial charge on any atom is 0.306 e. The molecular formula is C21H23NO2. The minimum atomic E-state index is -0.667. The summed E-state index contributed by atoms with van der Waals surface area (Å²) < 4.78 is 0. The molecule has 0 spiro atoms. The standard InChI is InChI=1S/C21H23NO2/c22-14-19-13-18(11-12-20(19)16-5-2-1-3-6-16)15-7-4-8-17(10-9-15)21(23)24/h2,5-6,11-13,15,17H,1,3-4,7-10H2,(H,23,24). The molecule has 24 heavy (non-hydrogen) atoms. The van der Waals surface area contributed by atoms with Gasteiger partial charge in [0.2, 0.25) is 0 Å². The topological polar surface area (TPSA) is 61.1 Å². The van der Waals surface area contributed by atoms with Crippen LogP contribution in [0.2, 0.25) is 0 Å². The highest BCUT2D eigenvalue weighted by Crippen LogP contribution is 2.36. The normalized spacial score (nSPS) is 23.9. The Bertz CT molecular complexity index is 724. The number of aliphatic carboxylic acids is 1. The molecule has 2 unspecified atom stereocenters. The molecule has 124 valence electrons. The van der Waals surface area contributed by atoms with Gasteiger partial charge < -0.3 is 5.11 Å². The first-order valence-electron chi connectivity index (χ1n) is 8.83. The van der Waals surface area contributed by atoms with E-state index in [0.717, 1.165) is 61.6 Å². The van der Waals surface area contributed by atoms with Crippen molar-refractivity contribution in [2.45, 2.75) is 50.9 Å². The number of hydrogen-bond acceptors (Lipinski definition) is 2. The van der Waals surface area contributed by atoms with E-state index in [1.54, 1.807) is 0 Å². The Kier molecular flexibility index (Phi) is 5.15. The summed E-state index contributed by atoms with van der Waals surface area (Å²) in [5.41, 5.74) is 4.05. The first-order valence-corrected chi connectivity index (χ1v) is 8.83. The summed E-state index contributed by atoms with van der Waals surface area (Å²) >= 11 is 0. The van der Waals surface area contributed by atoms with Crippen LogP contribution in [0.3, 0.4) is 0 Å². The van der Waals surface area contributed by atoms with Gasteiger partial charge in [-0.25, -0.2) is 0 Å². The lowest BCUT2D eigenvalue weighted by Crippen LogP contribution is -2.12. The highest BCUT2D eigenvalue weighted by Gasteiger charge is 2.24. The van der Waals surface area contributed by atoms with Crippen LogP contribution in [0.15, 0.2) is 36.4 Å². The first kappa shape index (κ1) is 16.5. The molecule has 3 heteroatoms. The van der Waals surface area contributed by atoms with Crippen LogP contribution in [0.25, 0.3) is 5.57 Å². The summed E-state index contributed by atoms with van der Waals surface area (Å²) in [6.07, 6.45) is 12.9. The zero-order valence-corrected chi connectivity index (χ0v) is 13.9. The smallest absolute Gasteiger partial charge is 0.306 e. The zero-order chi connectivity index (χ0) is 16.9. The molecule has 1 aromatic carbocycles. The fraction of sp³-hybridized carbons (Fsp3) is 0.429. The van der Waals surface area contributed by atoms with Crippen molar-refractivity contribution in [3.8, 4) is 6.07 Å². The minimum absolute atomic E-state index is 0.206. The van der Waals surface area contributed by atoms with Crippen LogP contribution < -0.4 is 0 Å². The van der Waals surface area contributed by atoms with E-state index in [9.17, 15) is 15.2 Å². The van der Waals surface area contributed by atoms with Gasteiger partial charge in [0.05, 0.1) is 17.6 Å². The molecule has 0 amide bonds. The van der Waals surface area contributed by atoms with Gasteiger partial charge in [0.15, 0.2) is 0 Å². The van der Waals surface area contributed by atoms with Gasteiger partial charge in [0, 0.05) is 0 Å². The Morgan fingerprint density at radius 1 is 1.17 bits per heavy atom. The second-order valence-electron chi connectivity index (χ2n) is 6.80. The zero-order valence-electron chi connectivity index (χ0n) is 13.9. The molecule has 0 heterocycles. The van der Waals surface area contributed by atoms with Gasteiger partial charge in [-0.1, -0.05) is 36.8 Å². The van der Waals surface area contributed by atoms with E-state index in [1.165, 1.54) is 5.56 Å². The molecule has 1 aromatic rings. The van der Waals surface area contributed by atoms with Crippen molar-refractivity contribution >= 4 is 11.5 Å². The van der Waals surface area contributed by atoms with Gasteiger partial charge in [0.1, 0.15) is 0 Å². The predicted molar refractivity (Wildman–Crippen MR) is 94.5 cm³/mol. The molecular weight excluding hydrogens is 298 g/mol. The van der Waals surface area contributed by atoms with Gasteiger partial charge >= 0.3 is 5.97 Å². The third-order valence-electron chi connectivity index (χ3n) is 5.26. The van der Waals surface area contributed by atoms with E-state index < -0.39 is 5.97 Å². The third-order valence-corrected chi connectivity index (χ3v) is 5.26. The van der Waals surface area contributed by atoms with Gasteiger partial charge in [0.25, 0.3) is 0 Å². The molecule has 0 bridgehead atoms. The fourth-order valence-electron chi connectivity index (χ4n) is 3.86. The number of rotatable bonds is 3. The summed E-state index contributed by atoms with van der Waals surface area (Å²) in [6, 6.07) is 8.56. The minimum Gasteiger partial charge on any atom is -0.481 e. The molecule has 2 atom stereocenters. The number of benzene rings is 1. The Hall–Kier alpha value is -2.34. The van der Waals surface area contributed by atoms with E-state index in [1.807, 2.05) is 6.07 Å². The maximum atomic E-state index is 11.2. The Balaban J connectivity index is 1.82. The van der Waals surface area contributed by atoms with Crippen molar-refractivity contribution in [3.05, 3.63) is 53.1 Å². The number of allylic oxidation sites excluding steroid dienone is 4. The predicted octanol–water partition coefficient (Wildman–Crippen LogP) is 5.04. The van der Waals surface area contributed by atoms with Gasteiger partial charge in [-0.3, -0.25) is 4.79 Å². The van der Waals surface area contributed by atoms with Crippen LogP contribution in [0, 0.1) is 17.2 Å². The van der Waals surface area contributed by atoms with E-state index in [-0.39, 0.29) is 5.92 Å². The van der Waals surface area contributed by atoms with E-state index >= 15 is 0 Å². The molecule has 2 aliphatic carbocycles. The average Bonchev–Trinajstić information content (AvgIpc) is 2.88. The number of nitriles is 1. The third kappa shape index (κ3) is 3.59. The second kappa shape index (κ2) is 7.49. The summed E-state index contributed by atoms with van der Waals surface area (Å²) in [5, 5.41) is 18.8. The number of hydrogen-bond donors (Lipinski definition) is 1. The van der Waals surface area contributed by atoms with E-state index in [2.05, 4.69) is 36.4 Å². The SMILES string of the molecule is N#Cc1cc(C2CCCC(C(=O)O)CC2)ccc1C1=CCCC=C1. The van der Waals surface area contributed by atoms with Crippen LogP contribution in [-0.2, 0) is 4.79 Å². The van der Waals surface area contributed by atoms with Crippen molar-refractivity contribution in [3.63, 3.8) is 0 Å². The Labute approximate surface area is 143 Å². The van der Waals surface area contributed by atoms with E-state index in [4.69, 9.17) is 0 Å². The van der Waals surface area contributed by atoms with Crippen molar-refractivity contribution in [2.24, 2.45) is 5.92 Å². The van der Waals surface area contributed by atoms with Crippen LogP contribution in [0.1, 0.15) is 67.6 Å². The molecule has 2 aliphatic rings. The molecule has 0 aliphatic heterocycles.